The predicted octanol–water partition coefficient (Wildman–Crippen LogP) is 9.94. The lowest BCUT2D eigenvalue weighted by Crippen LogP contribution is -2.53. The molecule has 582 valence electrons. The van der Waals surface area contributed by atoms with Gasteiger partial charge in [-0.1, -0.05) is 72.8 Å². The highest BCUT2D eigenvalue weighted by molar-refractivity contribution is 5.86. The van der Waals surface area contributed by atoms with Crippen molar-refractivity contribution in [2.24, 2.45) is 35.5 Å². The second-order valence-electron chi connectivity index (χ2n) is 29.7. The van der Waals surface area contributed by atoms with Gasteiger partial charge in [0.15, 0.2) is 0 Å². The summed E-state index contributed by atoms with van der Waals surface area (Å²) in [7, 11) is 19.5. The molecule has 3 aromatic rings. The number of rotatable bonds is 15. The van der Waals surface area contributed by atoms with E-state index >= 15 is 0 Å². The average molecular weight is 1470 g/mol. The van der Waals surface area contributed by atoms with E-state index in [-0.39, 0.29) is 89.6 Å². The van der Waals surface area contributed by atoms with Crippen LogP contribution >= 0.6 is 0 Å². The molecular weight excluding hydrogens is 1340 g/mol. The Morgan fingerprint density at radius 3 is 0.686 bits per heavy atom. The highest BCUT2D eigenvalue weighted by Crippen LogP contribution is 2.50. The maximum Gasteiger partial charge on any atom is 0.308 e. The number of ether oxygens (including phenoxy) is 6. The first kappa shape index (κ1) is 88.7. The van der Waals surface area contributed by atoms with E-state index in [2.05, 4.69) is 108 Å². The quantitative estimate of drug-likeness (QED) is 0.101. The number of hydrogen-bond acceptors (Lipinski definition) is 18. The van der Waals surface area contributed by atoms with Gasteiger partial charge in [0.05, 0.1) is 39.1 Å². The smallest absolute Gasteiger partial charge is 0.308 e. The molecule has 0 spiro atoms. The van der Waals surface area contributed by atoms with E-state index in [4.69, 9.17) is 14.2 Å². The summed E-state index contributed by atoms with van der Waals surface area (Å²) < 4.78 is 29.3. The Kier molecular flexibility index (Phi) is 35.9. The summed E-state index contributed by atoms with van der Waals surface area (Å²) in [6.07, 6.45) is 8.89. The molecule has 0 aromatic heterocycles. The van der Waals surface area contributed by atoms with Gasteiger partial charge in [0.2, 0.25) is 35.4 Å². The number of carbonyl (C=O) groups excluding carboxylic acids is 12. The highest BCUT2D eigenvalue weighted by Gasteiger charge is 2.43. The molecule has 24 heteroatoms. The molecule has 0 saturated heterocycles. The molecule has 0 atom stereocenters. The van der Waals surface area contributed by atoms with Crippen molar-refractivity contribution in [2.75, 3.05) is 84.8 Å². The number of hydrogen-bond donors (Lipinski definition) is 0. The van der Waals surface area contributed by atoms with Crippen LogP contribution in [0.2, 0.25) is 0 Å². The number of esters is 6. The fourth-order valence-electron chi connectivity index (χ4n) is 15.7. The van der Waals surface area contributed by atoms with E-state index < -0.39 is 53.6 Å². The fourth-order valence-corrected chi connectivity index (χ4v) is 15.7. The molecule has 105 heavy (non-hydrogen) atoms. The standard InChI is InChI=1S/C27H30.2C15H27N3O3.2C12H18O6/c1-19-10-4-7-13-25(19)22-16-23(26-14-8-5-11-20(26)2)18-24(17-22)27-15-9-6-12-21(27)3;1-16(2)13(19)10-7-11(14(20)17(3)4)9-12(8-10)15(21)18(5)6;1-10(19)16(4)13-7-14(17(5)11(2)20)9-15(8-13)18(6)12(3)21;1-16-10(13)7-4-8(11(14)17-2)6-9(5-7)12(15)18-3;1-7(13)16-10-4-11(17-8(2)14)6-12(5-10)18-9(3)15/h4-15,22-24H,16-18H2,1-3H3;10-12H,7-9H2,1-6H3;13-15H,7-9H2,1-6H3;7-9H,4-6H2,1-3H3;10-12H,4-6H2,1-3H3. The summed E-state index contributed by atoms with van der Waals surface area (Å²) >= 11 is 0. The second-order valence-corrected chi connectivity index (χ2v) is 29.7. The van der Waals surface area contributed by atoms with Crippen molar-refractivity contribution in [2.45, 2.75) is 213 Å². The summed E-state index contributed by atoms with van der Waals surface area (Å²) in [4.78, 5) is 149. The third kappa shape index (κ3) is 27.3. The van der Waals surface area contributed by atoms with Crippen LogP contribution < -0.4 is 0 Å². The number of carbonyl (C=O) groups is 12. The van der Waals surface area contributed by atoms with Gasteiger partial charge in [0.1, 0.15) is 18.3 Å². The van der Waals surface area contributed by atoms with E-state index in [1.165, 1.54) is 78.1 Å². The third-order valence-electron chi connectivity index (χ3n) is 21.3. The monoisotopic (exact) mass is 1460 g/mol. The van der Waals surface area contributed by atoms with Gasteiger partial charge in [-0.2, -0.15) is 0 Å². The molecule has 6 amide bonds. The molecular formula is C81H120N6O18. The van der Waals surface area contributed by atoms with E-state index in [1.807, 2.05) is 0 Å². The molecule has 0 aliphatic heterocycles. The minimum atomic E-state index is -0.461. The number of amides is 6. The van der Waals surface area contributed by atoms with Crippen molar-refractivity contribution in [1.29, 1.82) is 0 Å². The molecule has 3 aromatic carbocycles. The Balaban J connectivity index is 0.000000280. The lowest BCUT2D eigenvalue weighted by atomic mass is 9.67. The fraction of sp³-hybridized carbons (Fsp3) is 0.630. The summed E-state index contributed by atoms with van der Waals surface area (Å²) in [6.45, 7) is 15.4. The maximum atomic E-state index is 12.3. The van der Waals surface area contributed by atoms with Gasteiger partial charge in [-0.15, -0.1) is 0 Å². The lowest BCUT2D eigenvalue weighted by molar-refractivity contribution is -0.167. The topological polar surface area (TPSA) is 280 Å². The van der Waals surface area contributed by atoms with Crippen LogP contribution in [0.15, 0.2) is 72.8 Å². The van der Waals surface area contributed by atoms with E-state index in [1.54, 1.807) is 130 Å². The number of nitrogens with zero attached hydrogens (tertiary/aromatic N) is 6. The Labute approximate surface area is 623 Å². The van der Waals surface area contributed by atoms with Gasteiger partial charge < -0.3 is 57.8 Å². The zero-order chi connectivity index (χ0) is 78.9. The minimum absolute atomic E-state index is 0.00260. The Bertz CT molecular complexity index is 3060. The molecule has 5 aliphatic rings. The number of benzene rings is 3. The second kappa shape index (κ2) is 42.4. The summed E-state index contributed by atoms with van der Waals surface area (Å²) in [5.41, 5.74) is 8.97. The van der Waals surface area contributed by atoms with Gasteiger partial charge in [0.25, 0.3) is 0 Å². The van der Waals surface area contributed by atoms with Crippen molar-refractivity contribution in [3.8, 4) is 0 Å². The molecule has 5 saturated carbocycles. The van der Waals surface area contributed by atoms with Gasteiger partial charge in [-0.3, -0.25) is 57.5 Å². The summed E-state index contributed by atoms with van der Waals surface area (Å²) in [5, 5.41) is 0. The number of methoxy groups -OCH3 is 3. The van der Waals surface area contributed by atoms with Crippen LogP contribution in [0.3, 0.4) is 0 Å². The minimum Gasteiger partial charge on any atom is -0.469 e. The molecule has 24 nitrogen and oxygen atoms in total. The van der Waals surface area contributed by atoms with Crippen molar-refractivity contribution in [3.05, 3.63) is 106 Å². The molecule has 8 rings (SSSR count). The van der Waals surface area contributed by atoms with E-state index in [0.29, 0.717) is 75.5 Å². The van der Waals surface area contributed by atoms with Crippen molar-refractivity contribution in [1.82, 2.24) is 29.4 Å². The Morgan fingerprint density at radius 2 is 0.505 bits per heavy atom. The first-order chi connectivity index (χ1) is 49.3. The molecule has 0 heterocycles. The number of aryl methyl sites for hydroxylation is 3. The largest absolute Gasteiger partial charge is 0.469 e. The molecule has 0 unspecified atom stereocenters. The average Bonchev–Trinajstić information content (AvgIpc) is 0.767. The van der Waals surface area contributed by atoms with Crippen molar-refractivity contribution < 1.29 is 86.0 Å². The van der Waals surface area contributed by atoms with Gasteiger partial charge in [0, 0.05) is 160 Å². The highest BCUT2D eigenvalue weighted by atomic mass is 16.6. The van der Waals surface area contributed by atoms with Gasteiger partial charge in [-0.25, -0.2) is 0 Å². The first-order valence-corrected chi connectivity index (χ1v) is 36.6. The zero-order valence-electron chi connectivity index (χ0n) is 66.2. The third-order valence-corrected chi connectivity index (χ3v) is 21.3. The van der Waals surface area contributed by atoms with Crippen molar-refractivity contribution in [3.63, 3.8) is 0 Å². The molecule has 5 fully saturated rings. The first-order valence-electron chi connectivity index (χ1n) is 36.6. The van der Waals surface area contributed by atoms with Crippen molar-refractivity contribution >= 4 is 71.3 Å². The SMILES string of the molecule is CC(=O)N(C)C1CC(N(C)C(C)=O)CC(N(C)C(C)=O)C1.CC(=O)OC1CC(OC(C)=O)CC(OC(C)=O)C1.CN(C)C(=O)C1CC(C(=O)N(C)C)CC(C(=O)N(C)C)C1.COC(=O)C1CC(C(=O)OC)CC(C(=O)OC)C1.Cc1ccccc1C1CC(c2ccccc2C)CC(c2ccccc2C)C1. The van der Waals surface area contributed by atoms with Crippen LogP contribution in [-0.4, -0.2) is 222 Å². The van der Waals surface area contributed by atoms with Gasteiger partial charge >= 0.3 is 35.8 Å². The van der Waals surface area contributed by atoms with Crippen LogP contribution in [0.25, 0.3) is 0 Å². The van der Waals surface area contributed by atoms with Crippen LogP contribution in [0.4, 0.5) is 0 Å². The Morgan fingerprint density at radius 1 is 0.295 bits per heavy atom. The summed E-state index contributed by atoms with van der Waals surface area (Å²) in [5.74, 6) is -2.62. The maximum absolute atomic E-state index is 12.3. The molecule has 0 N–H and O–H groups in total. The van der Waals surface area contributed by atoms with Crippen LogP contribution in [0, 0.1) is 56.3 Å². The van der Waals surface area contributed by atoms with Crippen LogP contribution in [-0.2, 0) is 86.0 Å². The Hall–Kier alpha value is -8.70. The molecule has 0 radical (unpaired) electrons. The van der Waals surface area contributed by atoms with Gasteiger partial charge in [-0.05, 0) is 149 Å². The van der Waals surface area contributed by atoms with Crippen LogP contribution in [0.5, 0.6) is 0 Å². The normalized spacial score (nSPS) is 25.2. The summed E-state index contributed by atoms with van der Waals surface area (Å²) in [6, 6.07) is 27.2. The molecule has 0 bridgehead atoms. The lowest BCUT2D eigenvalue weighted by Gasteiger charge is -2.44. The van der Waals surface area contributed by atoms with E-state index in [0.717, 1.165) is 19.3 Å². The van der Waals surface area contributed by atoms with Crippen LogP contribution in [0.1, 0.15) is 189 Å². The molecule has 5 aliphatic carbocycles. The van der Waals surface area contributed by atoms with E-state index in [9.17, 15) is 57.5 Å². The zero-order valence-corrected chi connectivity index (χ0v) is 66.2. The predicted molar refractivity (Wildman–Crippen MR) is 397 cm³/mol.